The first-order valence-corrected chi connectivity index (χ1v) is 15.4. The van der Waals surface area contributed by atoms with Crippen LogP contribution in [0.25, 0.3) is 17.2 Å². The highest BCUT2D eigenvalue weighted by atomic mass is 35.5. The molecule has 214 valence electrons. The first-order valence-electron chi connectivity index (χ1n) is 13.4. The maximum atomic E-state index is 13.2. The van der Waals surface area contributed by atoms with Gasteiger partial charge in [0.15, 0.2) is 0 Å². The molecule has 0 aromatic heterocycles. The van der Waals surface area contributed by atoms with Crippen molar-refractivity contribution in [2.75, 3.05) is 52.6 Å². The molecule has 6 nitrogen and oxygen atoms in total. The van der Waals surface area contributed by atoms with Crippen LogP contribution >= 0.6 is 47.2 Å². The van der Waals surface area contributed by atoms with Crippen LogP contribution in [0.2, 0.25) is 10.0 Å². The summed E-state index contributed by atoms with van der Waals surface area (Å²) >= 11 is 19.6. The molecule has 0 aliphatic carbocycles. The highest BCUT2D eigenvalue weighted by molar-refractivity contribution is 8.26. The molecule has 0 atom stereocenters. The Balaban J connectivity index is 1.29. The number of carbonyl (C=O) groups is 1. The highest BCUT2D eigenvalue weighted by Crippen LogP contribution is 2.39. The number of nitrogens with zero attached hydrogens (tertiary/aromatic N) is 2. The van der Waals surface area contributed by atoms with E-state index in [1.165, 1.54) is 11.8 Å². The Kier molecular flexibility index (Phi) is 10.6. The molecular weight excluding hydrogens is 599 g/mol. The van der Waals surface area contributed by atoms with Crippen molar-refractivity contribution in [3.8, 4) is 22.6 Å². The van der Waals surface area contributed by atoms with Gasteiger partial charge < -0.3 is 14.2 Å². The molecular formula is C31H30Cl2N2O4S2. The molecule has 2 saturated heterocycles. The maximum Gasteiger partial charge on any atom is 0.266 e. The minimum Gasteiger partial charge on any atom is -0.494 e. The summed E-state index contributed by atoms with van der Waals surface area (Å²) in [5, 5.41) is 1.08. The number of ether oxygens (including phenoxy) is 3. The second-order valence-electron chi connectivity index (χ2n) is 9.53. The lowest BCUT2D eigenvalue weighted by atomic mass is 10.0. The number of benzene rings is 3. The quantitative estimate of drug-likeness (QED) is 0.128. The number of rotatable bonds is 11. The minimum absolute atomic E-state index is 0.100. The van der Waals surface area contributed by atoms with E-state index in [1.54, 1.807) is 17.0 Å². The van der Waals surface area contributed by atoms with Crippen molar-refractivity contribution in [1.29, 1.82) is 0 Å². The molecule has 2 heterocycles. The zero-order valence-electron chi connectivity index (χ0n) is 22.4. The number of carbonyl (C=O) groups excluding carboxylic acids is 1. The van der Waals surface area contributed by atoms with Gasteiger partial charge in [-0.2, -0.15) is 0 Å². The van der Waals surface area contributed by atoms with Crippen LogP contribution < -0.4 is 9.47 Å². The third-order valence-corrected chi connectivity index (χ3v) is 8.63. The van der Waals surface area contributed by atoms with E-state index in [0.29, 0.717) is 51.2 Å². The summed E-state index contributed by atoms with van der Waals surface area (Å²) in [4.78, 5) is 17.8. The second-order valence-corrected chi connectivity index (χ2v) is 12.1. The summed E-state index contributed by atoms with van der Waals surface area (Å²) < 4.78 is 18.0. The number of morpholine rings is 1. The fourth-order valence-electron chi connectivity index (χ4n) is 4.56. The molecule has 3 aromatic carbocycles. The van der Waals surface area contributed by atoms with Crippen LogP contribution in [0.15, 0.2) is 71.6 Å². The van der Waals surface area contributed by atoms with Crippen LogP contribution in [-0.4, -0.2) is 72.6 Å². The molecule has 2 aliphatic rings. The molecule has 2 fully saturated rings. The van der Waals surface area contributed by atoms with Gasteiger partial charge in [0.25, 0.3) is 5.91 Å². The van der Waals surface area contributed by atoms with Crippen molar-refractivity contribution in [3.05, 3.63) is 87.2 Å². The van der Waals surface area contributed by atoms with Crippen LogP contribution in [-0.2, 0) is 9.53 Å². The van der Waals surface area contributed by atoms with E-state index in [9.17, 15) is 4.79 Å². The molecule has 1 amide bonds. The van der Waals surface area contributed by atoms with Gasteiger partial charge in [-0.05, 0) is 54.5 Å². The Morgan fingerprint density at radius 2 is 1.73 bits per heavy atom. The Hall–Kier alpha value is -2.59. The smallest absolute Gasteiger partial charge is 0.266 e. The van der Waals surface area contributed by atoms with E-state index in [4.69, 9.17) is 49.6 Å². The predicted molar refractivity (Wildman–Crippen MR) is 171 cm³/mol. The number of hydrogen-bond donors (Lipinski definition) is 0. The van der Waals surface area contributed by atoms with Crippen molar-refractivity contribution in [1.82, 2.24) is 9.80 Å². The third-order valence-electron chi connectivity index (χ3n) is 6.70. The lowest BCUT2D eigenvalue weighted by molar-refractivity contribution is -0.122. The molecule has 0 spiro atoms. The summed E-state index contributed by atoms with van der Waals surface area (Å²) in [7, 11) is 0. The van der Waals surface area contributed by atoms with E-state index < -0.39 is 0 Å². The van der Waals surface area contributed by atoms with Crippen LogP contribution in [0.3, 0.4) is 0 Å². The second kappa shape index (κ2) is 14.5. The fourth-order valence-corrected chi connectivity index (χ4v) is 6.38. The molecule has 0 N–H and O–H groups in total. The number of para-hydroxylation sites is 1. The van der Waals surface area contributed by atoms with Gasteiger partial charge in [-0.1, -0.05) is 77.5 Å². The summed E-state index contributed by atoms with van der Waals surface area (Å²) in [5.41, 5.74) is 2.48. The molecule has 3 aromatic rings. The monoisotopic (exact) mass is 628 g/mol. The standard InChI is InChI=1S/C31H30Cl2N2O4S2/c32-23-8-9-25(27(33)21-23)26-19-22(7-10-28(26)39-18-14-34-12-16-37-17-13-34)20-29-30(36)35(31(40)41-29)11-4-15-38-24-5-2-1-3-6-24/h1-3,5-10,19-21H,4,11-18H2. The van der Waals surface area contributed by atoms with Crippen LogP contribution in [0.5, 0.6) is 11.5 Å². The summed E-state index contributed by atoms with van der Waals surface area (Å²) in [6, 6.07) is 20.9. The average molecular weight is 630 g/mol. The third kappa shape index (κ3) is 8.03. The molecule has 0 unspecified atom stereocenters. The number of amides is 1. The summed E-state index contributed by atoms with van der Waals surface area (Å²) in [5.74, 6) is 1.42. The summed E-state index contributed by atoms with van der Waals surface area (Å²) in [6.45, 7) is 5.62. The molecule has 41 heavy (non-hydrogen) atoms. The van der Waals surface area contributed by atoms with Crippen molar-refractivity contribution in [2.24, 2.45) is 0 Å². The van der Waals surface area contributed by atoms with Crippen molar-refractivity contribution < 1.29 is 19.0 Å². The lowest BCUT2D eigenvalue weighted by Gasteiger charge is -2.26. The average Bonchev–Trinajstić information content (AvgIpc) is 3.24. The number of thioether (sulfide) groups is 1. The van der Waals surface area contributed by atoms with Gasteiger partial charge in [-0.25, -0.2) is 0 Å². The Bertz CT molecular complexity index is 1410. The van der Waals surface area contributed by atoms with E-state index in [0.717, 1.165) is 55.3 Å². The molecule has 0 saturated carbocycles. The lowest BCUT2D eigenvalue weighted by Crippen LogP contribution is -2.38. The van der Waals surface area contributed by atoms with Crippen molar-refractivity contribution in [3.63, 3.8) is 0 Å². The van der Waals surface area contributed by atoms with Crippen molar-refractivity contribution >= 4 is 63.5 Å². The van der Waals surface area contributed by atoms with Gasteiger partial charge in [0, 0.05) is 42.3 Å². The number of halogens is 2. The number of thiocarbonyl (C=S) groups is 1. The SMILES string of the molecule is O=C1C(=Cc2ccc(OCCN3CCOCC3)c(-c3ccc(Cl)cc3Cl)c2)SC(=S)N1CCCOc1ccccc1. The van der Waals surface area contributed by atoms with Crippen molar-refractivity contribution in [2.45, 2.75) is 6.42 Å². The maximum absolute atomic E-state index is 13.2. The zero-order valence-corrected chi connectivity index (χ0v) is 25.5. The van der Waals surface area contributed by atoms with Crippen LogP contribution in [0.4, 0.5) is 0 Å². The number of hydrogen-bond acceptors (Lipinski definition) is 7. The van der Waals surface area contributed by atoms with Gasteiger partial charge in [-0.3, -0.25) is 14.6 Å². The topological polar surface area (TPSA) is 51.2 Å². The first kappa shape index (κ1) is 29.9. The van der Waals surface area contributed by atoms with Crippen LogP contribution in [0, 0.1) is 0 Å². The fraction of sp³-hybridized carbons (Fsp3) is 0.290. The predicted octanol–water partition coefficient (Wildman–Crippen LogP) is 7.04. The zero-order chi connectivity index (χ0) is 28.6. The Morgan fingerprint density at radius 3 is 2.51 bits per heavy atom. The van der Waals surface area contributed by atoms with E-state index >= 15 is 0 Å². The van der Waals surface area contributed by atoms with E-state index in [1.807, 2.05) is 60.7 Å². The van der Waals surface area contributed by atoms with Gasteiger partial charge in [-0.15, -0.1) is 0 Å². The van der Waals surface area contributed by atoms with Gasteiger partial charge in [0.2, 0.25) is 0 Å². The summed E-state index contributed by atoms with van der Waals surface area (Å²) in [6.07, 6.45) is 2.54. The normalized spacial score (nSPS) is 16.9. The molecule has 10 heteroatoms. The Morgan fingerprint density at radius 1 is 0.927 bits per heavy atom. The van der Waals surface area contributed by atoms with Gasteiger partial charge in [0.05, 0.1) is 29.7 Å². The van der Waals surface area contributed by atoms with Crippen LogP contribution in [0.1, 0.15) is 12.0 Å². The molecule has 5 rings (SSSR count). The van der Waals surface area contributed by atoms with E-state index in [-0.39, 0.29) is 5.91 Å². The van der Waals surface area contributed by atoms with Gasteiger partial charge >= 0.3 is 0 Å². The highest BCUT2D eigenvalue weighted by Gasteiger charge is 2.31. The van der Waals surface area contributed by atoms with E-state index in [2.05, 4.69) is 4.90 Å². The first-order chi connectivity index (χ1) is 20.0. The molecule has 0 bridgehead atoms. The minimum atomic E-state index is -0.100. The molecule has 0 radical (unpaired) electrons. The van der Waals surface area contributed by atoms with Gasteiger partial charge in [0.1, 0.15) is 22.4 Å². The largest absolute Gasteiger partial charge is 0.494 e. The molecule has 2 aliphatic heterocycles. The Labute approximate surface area is 260 Å².